The number of allylic oxidation sites excluding steroid dienone is 8. The second kappa shape index (κ2) is 9.44. The molecule has 1 aliphatic rings. The van der Waals surface area contributed by atoms with E-state index in [9.17, 15) is 9.59 Å². The lowest BCUT2D eigenvalue weighted by Crippen LogP contribution is -1.86. The average molecular weight is 284 g/mol. The van der Waals surface area contributed by atoms with Crippen molar-refractivity contribution in [1.82, 2.24) is 0 Å². The maximum Gasteiger partial charge on any atom is 0.229 e. The predicted octanol–water partition coefficient (Wildman–Crippen LogP) is 2.16. The van der Waals surface area contributed by atoms with E-state index in [1.54, 1.807) is 24.3 Å². The Morgan fingerprint density at radius 1 is 0.636 bits per heavy atom. The lowest BCUT2D eigenvalue weighted by atomic mass is 10.2. The summed E-state index contributed by atoms with van der Waals surface area (Å²) < 4.78 is 0. The SMILES string of the molecule is C/C1=C/C=C/C(=O)C#CC#CC(=O)/C=C/C=C(/C)C#CC#C1. The summed E-state index contributed by atoms with van der Waals surface area (Å²) in [5.41, 5.74) is 1.55. The first-order chi connectivity index (χ1) is 10.6. The maximum absolute atomic E-state index is 11.4. The summed E-state index contributed by atoms with van der Waals surface area (Å²) in [4.78, 5) is 22.8. The molecule has 104 valence electrons. The van der Waals surface area contributed by atoms with Crippen molar-refractivity contribution in [1.29, 1.82) is 0 Å². The summed E-state index contributed by atoms with van der Waals surface area (Å²) in [5.74, 6) is 19.6. The molecule has 0 aromatic rings. The van der Waals surface area contributed by atoms with Crippen LogP contribution in [-0.2, 0) is 9.59 Å². The summed E-state index contributed by atoms with van der Waals surface area (Å²) in [6, 6.07) is 0. The van der Waals surface area contributed by atoms with Gasteiger partial charge >= 0.3 is 0 Å². The van der Waals surface area contributed by atoms with Gasteiger partial charge in [-0.3, -0.25) is 9.59 Å². The average Bonchev–Trinajstić information content (AvgIpc) is 2.47. The zero-order chi connectivity index (χ0) is 16.2. The zero-order valence-corrected chi connectivity index (χ0v) is 12.3. The Balaban J connectivity index is 3.13. The van der Waals surface area contributed by atoms with Gasteiger partial charge < -0.3 is 0 Å². The van der Waals surface area contributed by atoms with Crippen LogP contribution in [0.25, 0.3) is 0 Å². The molecule has 22 heavy (non-hydrogen) atoms. The molecule has 0 spiro atoms. The van der Waals surface area contributed by atoms with Crippen molar-refractivity contribution in [2.75, 3.05) is 0 Å². The molecule has 0 saturated carbocycles. The molecule has 0 amide bonds. The third-order valence-corrected chi connectivity index (χ3v) is 2.20. The minimum atomic E-state index is -0.395. The number of carbonyl (C=O) groups is 2. The standard InChI is InChI=1S/C20H12O2/c1-17-9-3-4-10-18(2)12-8-16-20(22)14-6-5-13-19(21)15-7-11-17/h7-8,11-12,15-16H,1-2H3/b15-7+,16-8+,17-11-,18-12-. The van der Waals surface area contributed by atoms with E-state index in [-0.39, 0.29) is 0 Å². The van der Waals surface area contributed by atoms with E-state index < -0.39 is 11.6 Å². The molecule has 1 aliphatic carbocycles. The highest BCUT2D eigenvalue weighted by molar-refractivity contribution is 6.06. The van der Waals surface area contributed by atoms with Crippen LogP contribution in [-0.4, -0.2) is 11.6 Å². The molecule has 0 aromatic carbocycles. The van der Waals surface area contributed by atoms with Crippen LogP contribution < -0.4 is 0 Å². The van der Waals surface area contributed by atoms with Crippen LogP contribution in [0.3, 0.4) is 0 Å². The molecule has 0 unspecified atom stereocenters. The van der Waals surface area contributed by atoms with Gasteiger partial charge in [-0.2, -0.15) is 0 Å². The zero-order valence-electron chi connectivity index (χ0n) is 12.3. The first kappa shape index (κ1) is 16.6. The second-order valence-electron chi connectivity index (χ2n) is 4.15. The number of hydrogen-bond donors (Lipinski definition) is 0. The highest BCUT2D eigenvalue weighted by Gasteiger charge is 1.87. The molecular formula is C20H12O2. The van der Waals surface area contributed by atoms with E-state index in [0.29, 0.717) is 0 Å². The molecule has 1 rings (SSSR count). The molecule has 0 atom stereocenters. The van der Waals surface area contributed by atoms with Crippen LogP contribution in [0.5, 0.6) is 0 Å². The highest BCUT2D eigenvalue weighted by atomic mass is 16.1. The fourth-order valence-electron chi connectivity index (χ4n) is 1.17. The van der Waals surface area contributed by atoms with Crippen molar-refractivity contribution in [3.8, 4) is 47.4 Å². The molecule has 0 N–H and O–H groups in total. The summed E-state index contributed by atoms with van der Waals surface area (Å²) in [7, 11) is 0. The minimum absolute atomic E-state index is 0.395. The van der Waals surface area contributed by atoms with Crippen molar-refractivity contribution < 1.29 is 9.59 Å². The van der Waals surface area contributed by atoms with E-state index in [1.165, 1.54) is 12.2 Å². The van der Waals surface area contributed by atoms with Gasteiger partial charge in [0.2, 0.25) is 11.6 Å². The number of carbonyl (C=O) groups excluding carboxylic acids is 2. The number of rotatable bonds is 0. The van der Waals surface area contributed by atoms with Crippen LogP contribution in [0.15, 0.2) is 47.6 Å². The Morgan fingerprint density at radius 3 is 1.41 bits per heavy atom. The van der Waals surface area contributed by atoms with Gasteiger partial charge in [0.15, 0.2) is 0 Å². The smallest absolute Gasteiger partial charge is 0.229 e. The van der Waals surface area contributed by atoms with Crippen molar-refractivity contribution in [3.05, 3.63) is 47.6 Å². The molecule has 0 heterocycles. The Labute approximate surface area is 130 Å². The fraction of sp³-hybridized carbons (Fsp3) is 0.100. The van der Waals surface area contributed by atoms with Gasteiger partial charge in [-0.15, -0.1) is 0 Å². The van der Waals surface area contributed by atoms with Crippen molar-refractivity contribution >= 4 is 11.6 Å². The lowest BCUT2D eigenvalue weighted by Gasteiger charge is -1.83. The van der Waals surface area contributed by atoms with Crippen LogP contribution in [0.1, 0.15) is 13.8 Å². The van der Waals surface area contributed by atoms with Gasteiger partial charge in [0, 0.05) is 0 Å². The van der Waals surface area contributed by atoms with Gasteiger partial charge in [0.25, 0.3) is 0 Å². The van der Waals surface area contributed by atoms with Gasteiger partial charge in [-0.1, -0.05) is 36.1 Å². The van der Waals surface area contributed by atoms with E-state index in [1.807, 2.05) is 13.8 Å². The third-order valence-electron chi connectivity index (χ3n) is 2.20. The quantitative estimate of drug-likeness (QED) is 0.504. The van der Waals surface area contributed by atoms with Crippen LogP contribution in [0.2, 0.25) is 0 Å². The van der Waals surface area contributed by atoms with E-state index in [0.717, 1.165) is 11.1 Å². The number of ketones is 2. The van der Waals surface area contributed by atoms with Gasteiger partial charge in [0.05, 0.1) is 0 Å². The third kappa shape index (κ3) is 7.86. The molecule has 2 nitrogen and oxygen atoms in total. The summed E-state index contributed by atoms with van der Waals surface area (Å²) in [5, 5.41) is 0. The molecule has 0 saturated heterocycles. The fourth-order valence-corrected chi connectivity index (χ4v) is 1.17. The minimum Gasteiger partial charge on any atom is -0.280 e. The second-order valence-corrected chi connectivity index (χ2v) is 4.15. The summed E-state index contributed by atoms with van der Waals surface area (Å²) in [6.45, 7) is 3.63. The largest absolute Gasteiger partial charge is 0.280 e. The monoisotopic (exact) mass is 284 g/mol. The predicted molar refractivity (Wildman–Crippen MR) is 86.9 cm³/mol. The van der Waals surface area contributed by atoms with Crippen LogP contribution in [0.4, 0.5) is 0 Å². The Morgan fingerprint density at radius 2 is 1.00 bits per heavy atom. The molecule has 0 radical (unpaired) electrons. The number of hydrogen-bond acceptors (Lipinski definition) is 2. The molecule has 2 heteroatoms. The Bertz CT molecular complexity index is 770. The van der Waals surface area contributed by atoms with E-state index in [4.69, 9.17) is 0 Å². The van der Waals surface area contributed by atoms with E-state index >= 15 is 0 Å². The first-order valence-electron chi connectivity index (χ1n) is 6.40. The van der Waals surface area contributed by atoms with E-state index in [2.05, 4.69) is 47.4 Å². The lowest BCUT2D eigenvalue weighted by molar-refractivity contribution is -0.110. The van der Waals surface area contributed by atoms with Gasteiger partial charge in [0.1, 0.15) is 0 Å². The van der Waals surface area contributed by atoms with Gasteiger partial charge in [-0.05, 0) is 72.7 Å². The molecule has 0 aliphatic heterocycles. The summed E-state index contributed by atoms with van der Waals surface area (Å²) >= 11 is 0. The first-order valence-corrected chi connectivity index (χ1v) is 6.40. The molecule has 0 aromatic heterocycles. The topological polar surface area (TPSA) is 34.1 Å². The Hall–Kier alpha value is -3.46. The normalized spacial score (nSPS) is 21.9. The molecular weight excluding hydrogens is 272 g/mol. The summed E-state index contributed by atoms with van der Waals surface area (Å²) in [6.07, 6.45) is 9.12. The van der Waals surface area contributed by atoms with Crippen molar-refractivity contribution in [2.45, 2.75) is 13.8 Å². The Kier molecular flexibility index (Phi) is 7.12. The highest BCUT2D eigenvalue weighted by Crippen LogP contribution is 1.92. The van der Waals surface area contributed by atoms with Crippen molar-refractivity contribution in [2.24, 2.45) is 0 Å². The molecule has 0 bridgehead atoms. The maximum atomic E-state index is 11.4. The van der Waals surface area contributed by atoms with Gasteiger partial charge in [-0.25, -0.2) is 0 Å². The van der Waals surface area contributed by atoms with Crippen LogP contribution >= 0.6 is 0 Å². The van der Waals surface area contributed by atoms with Crippen LogP contribution in [0, 0.1) is 47.4 Å². The molecule has 0 fully saturated rings. The van der Waals surface area contributed by atoms with Crippen molar-refractivity contribution in [3.63, 3.8) is 0 Å².